The predicted molar refractivity (Wildman–Crippen MR) is 76.2 cm³/mol. The number of pyridine rings is 1. The summed E-state index contributed by atoms with van der Waals surface area (Å²) in [5.41, 5.74) is 4.03. The summed E-state index contributed by atoms with van der Waals surface area (Å²) >= 11 is 7.41. The van der Waals surface area contributed by atoms with Gasteiger partial charge in [0.25, 0.3) is 0 Å². The third kappa shape index (κ3) is 1.86. The molecule has 4 rings (SSSR count). The molecule has 0 unspecified atom stereocenters. The number of fused-ring (bicyclic) bond motifs is 2. The van der Waals surface area contributed by atoms with Crippen molar-refractivity contribution in [3.8, 4) is 0 Å². The lowest BCUT2D eigenvalue weighted by Crippen LogP contribution is -2.33. The Morgan fingerprint density at radius 2 is 2.35 bits per heavy atom. The average Bonchev–Trinajstić information content (AvgIpc) is 3.05. The van der Waals surface area contributed by atoms with Gasteiger partial charge < -0.3 is 5.32 Å². The van der Waals surface area contributed by atoms with Crippen LogP contribution in [0, 0.1) is 0 Å². The smallest absolute Gasteiger partial charge is 0.244 e. The molecule has 0 saturated heterocycles. The van der Waals surface area contributed by atoms with Crippen molar-refractivity contribution in [2.45, 2.75) is 0 Å². The summed E-state index contributed by atoms with van der Waals surface area (Å²) in [4.78, 5) is 8.79. The van der Waals surface area contributed by atoms with Crippen LogP contribution >= 0.6 is 23.3 Å². The number of hydrogen-bond donors (Lipinski definition) is 2. The van der Waals surface area contributed by atoms with Crippen LogP contribution in [-0.2, 0) is 0 Å². The minimum absolute atomic E-state index is 0.457. The number of hydrogen-bond acceptors (Lipinski definition) is 7. The topological polar surface area (TPSA) is 69.3 Å². The molecule has 20 heavy (non-hydrogen) atoms. The van der Waals surface area contributed by atoms with Crippen molar-refractivity contribution in [1.82, 2.24) is 23.9 Å². The van der Waals surface area contributed by atoms with E-state index in [1.165, 1.54) is 11.7 Å². The molecule has 2 aliphatic heterocycles. The van der Waals surface area contributed by atoms with Crippen molar-refractivity contribution in [2.24, 2.45) is 9.98 Å². The quantitative estimate of drug-likeness (QED) is 0.710. The number of guanidine groups is 1. The van der Waals surface area contributed by atoms with Gasteiger partial charge in [-0.1, -0.05) is 11.6 Å². The Labute approximate surface area is 122 Å². The lowest BCUT2D eigenvalue weighted by Gasteiger charge is -2.18. The highest BCUT2D eigenvalue weighted by Crippen LogP contribution is 2.19. The van der Waals surface area contributed by atoms with Gasteiger partial charge in [0.2, 0.25) is 5.96 Å². The molecule has 0 fully saturated rings. The molecule has 0 saturated carbocycles. The van der Waals surface area contributed by atoms with Gasteiger partial charge in [-0.3, -0.25) is 9.22 Å². The van der Waals surface area contributed by atoms with Crippen molar-refractivity contribution in [3.63, 3.8) is 0 Å². The average molecular weight is 306 g/mol. The molecule has 9 heteroatoms. The molecule has 0 spiro atoms. The first kappa shape index (κ1) is 11.5. The van der Waals surface area contributed by atoms with Crippen molar-refractivity contribution in [2.75, 3.05) is 0 Å². The number of nitrogens with one attached hydrogen (secondary N) is 2. The Kier molecular flexibility index (Phi) is 2.51. The largest absolute Gasteiger partial charge is 0.348 e. The van der Waals surface area contributed by atoms with E-state index < -0.39 is 0 Å². The summed E-state index contributed by atoms with van der Waals surface area (Å²) < 4.78 is 6.07. The summed E-state index contributed by atoms with van der Waals surface area (Å²) in [6, 6.07) is 3.84. The van der Waals surface area contributed by atoms with Crippen LogP contribution in [0.5, 0.6) is 0 Å². The molecule has 100 valence electrons. The lowest BCUT2D eigenvalue weighted by atomic mass is 10.4. The van der Waals surface area contributed by atoms with Gasteiger partial charge in [-0.05, 0) is 12.1 Å². The lowest BCUT2D eigenvalue weighted by molar-refractivity contribution is 0.426. The van der Waals surface area contributed by atoms with Gasteiger partial charge in [-0.15, -0.1) is 0 Å². The molecule has 0 aliphatic carbocycles. The number of rotatable bonds is 0. The fourth-order valence-electron chi connectivity index (χ4n) is 1.88. The van der Waals surface area contributed by atoms with Crippen LogP contribution < -0.4 is 16.1 Å². The first-order valence-corrected chi connectivity index (χ1v) is 6.86. The first-order valence-electron chi connectivity index (χ1n) is 5.75. The second kappa shape index (κ2) is 4.36. The third-order valence-electron chi connectivity index (χ3n) is 2.78. The van der Waals surface area contributed by atoms with E-state index >= 15 is 0 Å². The summed E-state index contributed by atoms with van der Waals surface area (Å²) in [6.07, 6.45) is 7.22. The third-order valence-corrected chi connectivity index (χ3v) is 3.76. The molecular weight excluding hydrogens is 298 g/mol. The Hall–Kier alpha value is -2.32. The highest BCUT2D eigenvalue weighted by Gasteiger charge is 2.22. The molecule has 0 radical (unpaired) electrons. The standard InChI is InChI=1S/C11H8ClN7S/c12-9-10-16-11(17-18(10)4-2-13-9)15-7-1-3-19-8(5-7)6-14-20-19/h1-6,13H,(H,16,17). The molecule has 2 aromatic rings. The van der Waals surface area contributed by atoms with Gasteiger partial charge in [0, 0.05) is 18.6 Å². The second-order valence-electron chi connectivity index (χ2n) is 4.08. The highest BCUT2D eigenvalue weighted by molar-refractivity contribution is 7.00. The summed E-state index contributed by atoms with van der Waals surface area (Å²) in [5.74, 6) is 1.08. The van der Waals surface area contributed by atoms with E-state index in [0.717, 1.165) is 10.9 Å². The number of hydrazine groups is 1. The van der Waals surface area contributed by atoms with E-state index in [2.05, 4.69) is 25.1 Å². The zero-order valence-electron chi connectivity index (χ0n) is 9.99. The first-order chi connectivity index (χ1) is 9.79. The van der Waals surface area contributed by atoms with Gasteiger partial charge >= 0.3 is 0 Å². The van der Waals surface area contributed by atoms with Crippen molar-refractivity contribution in [1.29, 1.82) is 0 Å². The number of aromatic nitrogens is 2. The summed E-state index contributed by atoms with van der Waals surface area (Å²) in [7, 11) is 0. The van der Waals surface area contributed by atoms with Gasteiger partial charge in [0.1, 0.15) is 0 Å². The molecule has 4 heterocycles. The van der Waals surface area contributed by atoms with Crippen LogP contribution in [0.4, 0.5) is 0 Å². The van der Waals surface area contributed by atoms with Gasteiger partial charge in [-0.25, -0.2) is 10.0 Å². The Morgan fingerprint density at radius 3 is 3.25 bits per heavy atom. The number of nitrogens with zero attached hydrogens (tertiary/aromatic N) is 5. The van der Waals surface area contributed by atoms with Crippen LogP contribution in [-0.4, -0.2) is 19.1 Å². The normalized spacial score (nSPS) is 18.1. The molecule has 2 aromatic heterocycles. The maximum Gasteiger partial charge on any atom is 0.244 e. The fourth-order valence-corrected chi connectivity index (χ4v) is 2.65. The van der Waals surface area contributed by atoms with Crippen molar-refractivity contribution < 1.29 is 0 Å². The molecule has 2 aliphatic rings. The molecule has 0 amide bonds. The van der Waals surface area contributed by atoms with E-state index in [-0.39, 0.29) is 0 Å². The maximum absolute atomic E-state index is 6.03. The minimum Gasteiger partial charge on any atom is -0.348 e. The zero-order chi connectivity index (χ0) is 13.5. The fraction of sp³-hybridized carbons (Fsp3) is 0. The van der Waals surface area contributed by atoms with Gasteiger partial charge in [-0.2, -0.15) is 9.37 Å². The second-order valence-corrected chi connectivity index (χ2v) is 5.22. The molecule has 0 atom stereocenters. The van der Waals surface area contributed by atoms with Crippen molar-refractivity contribution in [3.05, 3.63) is 53.3 Å². The molecular formula is C11H8ClN7S. The molecule has 0 bridgehead atoms. The van der Waals surface area contributed by atoms with E-state index in [1.54, 1.807) is 23.6 Å². The van der Waals surface area contributed by atoms with E-state index in [9.17, 15) is 0 Å². The minimum atomic E-state index is 0.457. The number of halogens is 1. The molecule has 0 aromatic carbocycles. The number of aliphatic imine (C=N–C) groups is 1. The van der Waals surface area contributed by atoms with Crippen LogP contribution in [0.3, 0.4) is 0 Å². The Morgan fingerprint density at radius 1 is 1.40 bits per heavy atom. The zero-order valence-corrected chi connectivity index (χ0v) is 11.6. The van der Waals surface area contributed by atoms with E-state index in [0.29, 0.717) is 16.9 Å². The van der Waals surface area contributed by atoms with Crippen LogP contribution in [0.1, 0.15) is 0 Å². The summed E-state index contributed by atoms with van der Waals surface area (Å²) in [5, 5.41) is 5.84. The Bertz CT molecular complexity index is 844. The highest BCUT2D eigenvalue weighted by atomic mass is 35.5. The maximum atomic E-state index is 6.03. The summed E-state index contributed by atoms with van der Waals surface area (Å²) in [6.45, 7) is 0. The van der Waals surface area contributed by atoms with Crippen LogP contribution in [0.25, 0.3) is 5.52 Å². The monoisotopic (exact) mass is 305 g/mol. The Balaban J connectivity index is 1.75. The van der Waals surface area contributed by atoms with E-state index in [4.69, 9.17) is 11.6 Å². The predicted octanol–water partition coefficient (Wildman–Crippen LogP) is 0.912. The molecule has 2 N–H and O–H groups in total. The van der Waals surface area contributed by atoms with Crippen LogP contribution in [0.15, 0.2) is 57.9 Å². The van der Waals surface area contributed by atoms with E-state index in [1.807, 2.05) is 22.1 Å². The SMILES string of the molecule is ClC1=C2N=C(N=c3ccn4sncc4c3)NN2C=CN1. The van der Waals surface area contributed by atoms with Crippen molar-refractivity contribution >= 4 is 34.8 Å². The van der Waals surface area contributed by atoms with Gasteiger partial charge in [0.15, 0.2) is 11.0 Å². The molecule has 7 nitrogen and oxygen atoms in total. The van der Waals surface area contributed by atoms with Gasteiger partial charge in [0.05, 0.1) is 28.8 Å². The van der Waals surface area contributed by atoms with Crippen LogP contribution in [0.2, 0.25) is 0 Å².